The average molecular weight is 197 g/mol. The molecule has 0 bridgehead atoms. The molecule has 0 aliphatic carbocycles. The molecule has 0 aromatic carbocycles. The predicted octanol–water partition coefficient (Wildman–Crippen LogP) is 1.83. The molecule has 3 nitrogen and oxygen atoms in total. The van der Waals surface area contributed by atoms with Crippen molar-refractivity contribution in [3.8, 4) is 0 Å². The lowest BCUT2D eigenvalue weighted by Gasteiger charge is -2.01. The fraction of sp³-hybridized carbons (Fsp3) is 0.636. The first kappa shape index (κ1) is 12.9. The Morgan fingerprint density at radius 3 is 2.43 bits per heavy atom. The Morgan fingerprint density at radius 1 is 1.14 bits per heavy atom. The molecule has 3 heteroatoms. The number of carbonyl (C=O) groups excluding carboxylic acids is 2. The van der Waals surface area contributed by atoms with Crippen LogP contribution in [0.25, 0.3) is 0 Å². The van der Waals surface area contributed by atoms with Crippen molar-refractivity contribution < 1.29 is 9.59 Å². The molecule has 0 atom stereocenters. The Balaban J connectivity index is 3.02. The Labute approximate surface area is 85.6 Å². The van der Waals surface area contributed by atoms with Crippen LogP contribution in [0.5, 0.6) is 0 Å². The molecule has 0 rings (SSSR count). The summed E-state index contributed by atoms with van der Waals surface area (Å²) in [5.74, 6) is -0.106. The predicted molar refractivity (Wildman–Crippen MR) is 57.0 cm³/mol. The maximum absolute atomic E-state index is 10.7. The first-order valence-corrected chi connectivity index (χ1v) is 5.15. The summed E-state index contributed by atoms with van der Waals surface area (Å²) in [7, 11) is 0. The minimum Gasteiger partial charge on any atom is -0.353 e. The largest absolute Gasteiger partial charge is 0.353 e. The van der Waals surface area contributed by atoms with Gasteiger partial charge in [-0.3, -0.25) is 4.79 Å². The molecule has 0 aromatic rings. The van der Waals surface area contributed by atoms with Gasteiger partial charge in [-0.25, -0.2) is 0 Å². The molecule has 0 fully saturated rings. The third-order valence-corrected chi connectivity index (χ3v) is 1.98. The van der Waals surface area contributed by atoms with Gasteiger partial charge in [0.05, 0.1) is 0 Å². The van der Waals surface area contributed by atoms with Gasteiger partial charge in [-0.05, 0) is 18.9 Å². The lowest BCUT2D eigenvalue weighted by Crippen LogP contribution is -2.21. The molecular formula is C11H19NO2. The smallest absolute Gasteiger partial charge is 0.243 e. The summed E-state index contributed by atoms with van der Waals surface area (Å²) < 4.78 is 0. The van der Waals surface area contributed by atoms with Gasteiger partial charge in [-0.1, -0.05) is 25.8 Å². The molecule has 0 radical (unpaired) electrons. The van der Waals surface area contributed by atoms with Crippen LogP contribution in [0.3, 0.4) is 0 Å². The van der Waals surface area contributed by atoms with Crippen molar-refractivity contribution in [3.63, 3.8) is 0 Å². The molecule has 0 saturated carbocycles. The van der Waals surface area contributed by atoms with Crippen LogP contribution in [0.2, 0.25) is 0 Å². The van der Waals surface area contributed by atoms with E-state index in [1.54, 1.807) is 0 Å². The van der Waals surface area contributed by atoms with E-state index in [0.29, 0.717) is 6.42 Å². The second kappa shape index (κ2) is 9.96. The summed E-state index contributed by atoms with van der Waals surface area (Å²) in [5, 5.41) is 2.72. The van der Waals surface area contributed by atoms with Crippen LogP contribution in [0, 0.1) is 0 Å². The normalized spacial score (nSPS) is 9.43. The number of aldehydes is 1. The van der Waals surface area contributed by atoms with Gasteiger partial charge in [0, 0.05) is 13.0 Å². The van der Waals surface area contributed by atoms with Gasteiger partial charge < -0.3 is 10.1 Å². The minimum atomic E-state index is -0.106. The van der Waals surface area contributed by atoms with Gasteiger partial charge >= 0.3 is 0 Å². The number of hydrogen-bond acceptors (Lipinski definition) is 2. The van der Waals surface area contributed by atoms with Crippen molar-refractivity contribution >= 4 is 12.2 Å². The summed E-state index contributed by atoms with van der Waals surface area (Å²) in [6.45, 7) is 4.09. The highest BCUT2D eigenvalue weighted by atomic mass is 16.1. The first-order valence-electron chi connectivity index (χ1n) is 5.15. The molecule has 1 amide bonds. The van der Waals surface area contributed by atoms with Gasteiger partial charge in [0.1, 0.15) is 6.29 Å². The fourth-order valence-electron chi connectivity index (χ4n) is 1.17. The Bertz CT molecular complexity index is 178. The summed E-state index contributed by atoms with van der Waals surface area (Å²) in [5.41, 5.74) is 0. The van der Waals surface area contributed by atoms with Gasteiger partial charge in [0.15, 0.2) is 0 Å². The minimum absolute atomic E-state index is 0.106. The summed E-state index contributed by atoms with van der Waals surface area (Å²) >= 11 is 0. The quantitative estimate of drug-likeness (QED) is 0.348. The summed E-state index contributed by atoms with van der Waals surface area (Å²) in [6, 6.07) is 0. The maximum Gasteiger partial charge on any atom is 0.243 e. The van der Waals surface area contributed by atoms with E-state index >= 15 is 0 Å². The van der Waals surface area contributed by atoms with Crippen molar-refractivity contribution in [2.24, 2.45) is 0 Å². The van der Waals surface area contributed by atoms with Crippen LogP contribution in [0.4, 0.5) is 0 Å². The molecule has 0 unspecified atom stereocenters. The molecule has 0 aromatic heterocycles. The fourth-order valence-corrected chi connectivity index (χ4v) is 1.17. The maximum atomic E-state index is 10.7. The number of rotatable bonds is 9. The van der Waals surface area contributed by atoms with E-state index in [1.807, 2.05) is 0 Å². The molecule has 14 heavy (non-hydrogen) atoms. The number of nitrogens with one attached hydrogen (secondary N) is 1. The third-order valence-electron chi connectivity index (χ3n) is 1.98. The summed E-state index contributed by atoms with van der Waals surface area (Å²) in [6.07, 6.45) is 8.26. The van der Waals surface area contributed by atoms with Crippen LogP contribution in [0.1, 0.15) is 38.5 Å². The SMILES string of the molecule is C=CC(=O)NCCCCCCCC=O. The monoisotopic (exact) mass is 197 g/mol. The van der Waals surface area contributed by atoms with E-state index in [4.69, 9.17) is 0 Å². The van der Waals surface area contributed by atoms with Crippen molar-refractivity contribution in [2.45, 2.75) is 38.5 Å². The van der Waals surface area contributed by atoms with Crippen molar-refractivity contribution in [2.75, 3.05) is 6.54 Å². The molecular weight excluding hydrogens is 178 g/mol. The van der Waals surface area contributed by atoms with Crippen LogP contribution in [-0.4, -0.2) is 18.7 Å². The van der Waals surface area contributed by atoms with Crippen molar-refractivity contribution in [1.82, 2.24) is 5.32 Å². The third kappa shape index (κ3) is 8.97. The highest BCUT2D eigenvalue weighted by molar-refractivity contribution is 5.86. The number of amides is 1. The molecule has 80 valence electrons. The van der Waals surface area contributed by atoms with Crippen LogP contribution < -0.4 is 5.32 Å². The van der Waals surface area contributed by atoms with Crippen LogP contribution >= 0.6 is 0 Å². The molecule has 1 N–H and O–H groups in total. The molecule has 0 spiro atoms. The van der Waals surface area contributed by atoms with Gasteiger partial charge in [0.2, 0.25) is 5.91 Å². The Hall–Kier alpha value is -1.12. The highest BCUT2D eigenvalue weighted by Gasteiger charge is 1.93. The Morgan fingerprint density at radius 2 is 1.79 bits per heavy atom. The number of unbranched alkanes of at least 4 members (excludes halogenated alkanes) is 5. The van der Waals surface area contributed by atoms with E-state index in [9.17, 15) is 9.59 Å². The zero-order valence-corrected chi connectivity index (χ0v) is 8.63. The Kier molecular flexibility index (Phi) is 9.17. The number of carbonyl (C=O) groups is 2. The second-order valence-corrected chi connectivity index (χ2v) is 3.22. The van der Waals surface area contributed by atoms with Crippen LogP contribution in [0.15, 0.2) is 12.7 Å². The molecule has 0 aliphatic heterocycles. The second-order valence-electron chi connectivity index (χ2n) is 3.22. The van der Waals surface area contributed by atoms with Crippen LogP contribution in [-0.2, 0) is 9.59 Å². The molecule has 0 aliphatic rings. The van der Waals surface area contributed by atoms with E-state index in [-0.39, 0.29) is 5.91 Å². The van der Waals surface area contributed by atoms with Crippen molar-refractivity contribution in [3.05, 3.63) is 12.7 Å². The number of hydrogen-bond donors (Lipinski definition) is 1. The first-order chi connectivity index (χ1) is 6.81. The zero-order valence-electron chi connectivity index (χ0n) is 8.63. The average Bonchev–Trinajstić information content (AvgIpc) is 2.21. The standard InChI is InChI=1S/C11H19NO2/c1-2-11(14)12-9-7-5-3-4-6-8-10-13/h2,10H,1,3-9H2,(H,12,14). The van der Waals surface area contributed by atoms with Gasteiger partial charge in [0.25, 0.3) is 0 Å². The van der Waals surface area contributed by atoms with E-state index in [2.05, 4.69) is 11.9 Å². The summed E-state index contributed by atoms with van der Waals surface area (Å²) in [4.78, 5) is 20.7. The topological polar surface area (TPSA) is 46.2 Å². The van der Waals surface area contributed by atoms with E-state index in [1.165, 1.54) is 6.08 Å². The van der Waals surface area contributed by atoms with E-state index < -0.39 is 0 Å². The molecule has 0 heterocycles. The van der Waals surface area contributed by atoms with Crippen molar-refractivity contribution in [1.29, 1.82) is 0 Å². The van der Waals surface area contributed by atoms with E-state index in [0.717, 1.165) is 44.9 Å². The molecule has 0 saturated heterocycles. The highest BCUT2D eigenvalue weighted by Crippen LogP contribution is 2.03. The lowest BCUT2D eigenvalue weighted by molar-refractivity contribution is -0.116. The lowest BCUT2D eigenvalue weighted by atomic mass is 10.1. The van der Waals surface area contributed by atoms with Gasteiger partial charge in [-0.15, -0.1) is 0 Å². The van der Waals surface area contributed by atoms with Gasteiger partial charge in [-0.2, -0.15) is 0 Å². The zero-order chi connectivity index (χ0) is 10.6.